The number of nitrogens with zero attached hydrogens (tertiary/aromatic N) is 3. The number of piperidine rings is 1. The van der Waals surface area contributed by atoms with E-state index in [0.29, 0.717) is 21.7 Å². The van der Waals surface area contributed by atoms with Gasteiger partial charge in [-0.15, -0.1) is 0 Å². The van der Waals surface area contributed by atoms with Crippen LogP contribution in [-0.4, -0.2) is 27.5 Å². The minimum absolute atomic E-state index is 0.0793. The lowest BCUT2D eigenvalue weighted by Gasteiger charge is -2.34. The number of rotatable bonds is 4. The molecule has 1 aromatic heterocycles. The van der Waals surface area contributed by atoms with Crippen LogP contribution in [0.25, 0.3) is 10.9 Å². The molecule has 0 spiro atoms. The van der Waals surface area contributed by atoms with Crippen LogP contribution in [0.4, 0.5) is 0 Å². The maximum atomic E-state index is 13.3. The molecule has 6 heteroatoms. The van der Waals surface area contributed by atoms with Gasteiger partial charge in [-0.25, -0.2) is 4.98 Å². The molecule has 0 bridgehead atoms. The summed E-state index contributed by atoms with van der Waals surface area (Å²) in [6, 6.07) is 15.6. The SMILES string of the molecule is CC(N)c1nc2cccc(Cl)c2c(=O)n1C1CCN(Cc2ccccc2)CC1. The normalized spacial score (nSPS) is 17.1. The lowest BCUT2D eigenvalue weighted by atomic mass is 10.0. The third-order valence-corrected chi connectivity index (χ3v) is 5.80. The maximum absolute atomic E-state index is 13.3. The van der Waals surface area contributed by atoms with Crippen LogP contribution in [0.2, 0.25) is 5.02 Å². The number of hydrogen-bond donors (Lipinski definition) is 1. The molecular formula is C22H25ClN4O. The smallest absolute Gasteiger partial charge is 0.263 e. The van der Waals surface area contributed by atoms with E-state index in [0.717, 1.165) is 32.5 Å². The molecule has 5 nitrogen and oxygen atoms in total. The molecule has 28 heavy (non-hydrogen) atoms. The van der Waals surface area contributed by atoms with Gasteiger partial charge in [-0.2, -0.15) is 0 Å². The number of nitrogens with two attached hydrogens (primary N) is 1. The van der Waals surface area contributed by atoms with Crippen molar-refractivity contribution in [3.63, 3.8) is 0 Å². The first-order valence-electron chi connectivity index (χ1n) is 9.77. The fraction of sp³-hybridized carbons (Fsp3) is 0.364. The highest BCUT2D eigenvalue weighted by Crippen LogP contribution is 2.27. The van der Waals surface area contributed by atoms with Crippen LogP contribution in [0, 0.1) is 0 Å². The highest BCUT2D eigenvalue weighted by atomic mass is 35.5. The summed E-state index contributed by atoms with van der Waals surface area (Å²) < 4.78 is 1.80. The van der Waals surface area contributed by atoms with E-state index in [2.05, 4.69) is 29.2 Å². The van der Waals surface area contributed by atoms with Gasteiger partial charge in [0.1, 0.15) is 5.82 Å². The summed E-state index contributed by atoms with van der Waals surface area (Å²) >= 11 is 6.33. The van der Waals surface area contributed by atoms with E-state index < -0.39 is 0 Å². The first kappa shape index (κ1) is 19.1. The van der Waals surface area contributed by atoms with E-state index in [1.165, 1.54) is 5.56 Å². The molecule has 2 N–H and O–H groups in total. The summed E-state index contributed by atoms with van der Waals surface area (Å²) in [6.07, 6.45) is 1.79. The second-order valence-corrected chi connectivity index (χ2v) is 7.97. The number of halogens is 1. The molecular weight excluding hydrogens is 372 g/mol. The molecule has 0 aliphatic carbocycles. The van der Waals surface area contributed by atoms with Gasteiger partial charge in [-0.1, -0.05) is 48.0 Å². The van der Waals surface area contributed by atoms with E-state index in [1.807, 2.05) is 25.1 Å². The van der Waals surface area contributed by atoms with E-state index in [4.69, 9.17) is 22.3 Å². The van der Waals surface area contributed by atoms with Crippen LogP contribution in [-0.2, 0) is 6.54 Å². The predicted molar refractivity (Wildman–Crippen MR) is 114 cm³/mol. The molecule has 0 saturated carbocycles. The minimum atomic E-state index is -0.321. The van der Waals surface area contributed by atoms with E-state index in [1.54, 1.807) is 10.6 Å². The summed E-state index contributed by atoms with van der Waals surface area (Å²) in [4.78, 5) is 20.4. The molecule has 146 valence electrons. The standard InChI is InChI=1S/C22H25ClN4O/c1-15(24)21-25-19-9-5-8-18(23)20(19)22(28)27(21)17-10-12-26(13-11-17)14-16-6-3-2-4-7-16/h2-9,15,17H,10-14,24H2,1H3. The highest BCUT2D eigenvalue weighted by molar-refractivity contribution is 6.35. The van der Waals surface area contributed by atoms with Crippen LogP contribution in [0.15, 0.2) is 53.3 Å². The Morgan fingerprint density at radius 2 is 1.86 bits per heavy atom. The van der Waals surface area contributed by atoms with Gasteiger partial charge in [0.15, 0.2) is 0 Å². The van der Waals surface area contributed by atoms with E-state index in [-0.39, 0.29) is 17.6 Å². The van der Waals surface area contributed by atoms with Crippen molar-refractivity contribution in [1.29, 1.82) is 0 Å². The van der Waals surface area contributed by atoms with Crippen LogP contribution in [0.1, 0.15) is 43.2 Å². The van der Waals surface area contributed by atoms with Crippen molar-refractivity contribution in [2.75, 3.05) is 13.1 Å². The fourth-order valence-corrected chi connectivity index (χ4v) is 4.32. The van der Waals surface area contributed by atoms with Gasteiger partial charge in [0.2, 0.25) is 0 Å². The molecule has 0 radical (unpaired) electrons. The second kappa shape index (κ2) is 8.03. The summed E-state index contributed by atoms with van der Waals surface area (Å²) in [5.41, 5.74) is 8.03. The molecule has 0 amide bonds. The molecule has 1 aliphatic heterocycles. The second-order valence-electron chi connectivity index (χ2n) is 7.56. The molecule has 1 fully saturated rings. The summed E-state index contributed by atoms with van der Waals surface area (Å²) in [5.74, 6) is 0.640. The van der Waals surface area contributed by atoms with Gasteiger partial charge in [-0.3, -0.25) is 14.3 Å². The van der Waals surface area contributed by atoms with Crippen molar-refractivity contribution in [3.05, 3.63) is 75.3 Å². The van der Waals surface area contributed by atoms with Crippen LogP contribution in [0.5, 0.6) is 0 Å². The number of hydrogen-bond acceptors (Lipinski definition) is 4. The molecule has 2 aromatic carbocycles. The zero-order valence-corrected chi connectivity index (χ0v) is 16.8. The van der Waals surface area contributed by atoms with E-state index >= 15 is 0 Å². The Labute approximate surface area is 169 Å². The predicted octanol–water partition coefficient (Wildman–Crippen LogP) is 3.91. The highest BCUT2D eigenvalue weighted by Gasteiger charge is 2.26. The topological polar surface area (TPSA) is 64.1 Å². The number of likely N-dealkylation sites (tertiary alicyclic amines) is 1. The molecule has 3 aromatic rings. The van der Waals surface area contributed by atoms with Gasteiger partial charge >= 0.3 is 0 Å². The first-order chi connectivity index (χ1) is 13.5. The zero-order valence-electron chi connectivity index (χ0n) is 16.0. The van der Waals surface area contributed by atoms with Crippen molar-refractivity contribution < 1.29 is 0 Å². The lowest BCUT2D eigenvalue weighted by Crippen LogP contribution is -2.39. The Hall–Kier alpha value is -2.21. The number of benzene rings is 2. The molecule has 1 aliphatic rings. The summed E-state index contributed by atoms with van der Waals surface area (Å²) in [6.45, 7) is 4.68. The summed E-state index contributed by atoms with van der Waals surface area (Å²) in [7, 11) is 0. The third kappa shape index (κ3) is 3.70. The molecule has 1 atom stereocenters. The van der Waals surface area contributed by atoms with E-state index in [9.17, 15) is 4.79 Å². The lowest BCUT2D eigenvalue weighted by molar-refractivity contribution is 0.175. The average Bonchev–Trinajstić information content (AvgIpc) is 2.69. The average molecular weight is 397 g/mol. The largest absolute Gasteiger partial charge is 0.322 e. The van der Waals surface area contributed by atoms with Crippen LogP contribution < -0.4 is 11.3 Å². The number of fused-ring (bicyclic) bond motifs is 1. The Balaban J connectivity index is 1.62. The Kier molecular flexibility index (Phi) is 5.49. The van der Waals surface area contributed by atoms with Crippen molar-refractivity contribution in [1.82, 2.24) is 14.5 Å². The first-order valence-corrected chi connectivity index (χ1v) is 10.1. The third-order valence-electron chi connectivity index (χ3n) is 5.48. The van der Waals surface area contributed by atoms with Gasteiger partial charge in [-0.05, 0) is 37.5 Å². The van der Waals surface area contributed by atoms with Gasteiger partial charge < -0.3 is 5.73 Å². The quantitative estimate of drug-likeness (QED) is 0.726. The monoisotopic (exact) mass is 396 g/mol. The fourth-order valence-electron chi connectivity index (χ4n) is 4.07. The summed E-state index contributed by atoms with van der Waals surface area (Å²) in [5, 5.41) is 0.932. The molecule has 2 heterocycles. The van der Waals surface area contributed by atoms with Gasteiger partial charge in [0, 0.05) is 25.7 Å². The molecule has 1 saturated heterocycles. The molecule has 1 unspecified atom stereocenters. The maximum Gasteiger partial charge on any atom is 0.263 e. The zero-order chi connectivity index (χ0) is 19.7. The van der Waals surface area contributed by atoms with Crippen LogP contribution in [0.3, 0.4) is 0 Å². The van der Waals surface area contributed by atoms with Crippen molar-refractivity contribution in [2.45, 2.75) is 38.4 Å². The Morgan fingerprint density at radius 3 is 2.54 bits per heavy atom. The van der Waals surface area contributed by atoms with Gasteiger partial charge in [0.05, 0.1) is 22.0 Å². The van der Waals surface area contributed by atoms with Crippen LogP contribution >= 0.6 is 11.6 Å². The molecule has 4 rings (SSSR count). The number of aromatic nitrogens is 2. The minimum Gasteiger partial charge on any atom is -0.322 e. The Morgan fingerprint density at radius 1 is 1.14 bits per heavy atom. The van der Waals surface area contributed by atoms with Crippen molar-refractivity contribution in [2.24, 2.45) is 5.73 Å². The Bertz CT molecular complexity index is 1020. The van der Waals surface area contributed by atoms with Gasteiger partial charge in [0.25, 0.3) is 5.56 Å². The van der Waals surface area contributed by atoms with Crippen molar-refractivity contribution in [3.8, 4) is 0 Å². The van der Waals surface area contributed by atoms with Crippen molar-refractivity contribution >= 4 is 22.5 Å².